The molecule has 0 spiro atoms. The topological polar surface area (TPSA) is 153 Å². The molecule has 3 saturated carbocycles. The maximum Gasteiger partial charge on any atom is 0.265 e. The number of ether oxygens (including phenoxy) is 1. The van der Waals surface area contributed by atoms with Crippen molar-refractivity contribution in [2.24, 2.45) is 45.7 Å². The van der Waals surface area contributed by atoms with Gasteiger partial charge in [0.15, 0.2) is 0 Å². The number of rotatable bonds is 17. The molecule has 12 nitrogen and oxygen atoms in total. The number of fused-ring (bicyclic) bond motifs is 2. The molecule has 3 aromatic carbocycles. The van der Waals surface area contributed by atoms with Crippen LogP contribution in [0.4, 0.5) is 5.69 Å². The molecule has 0 radical (unpaired) electrons. The SMILES string of the molecule is COc1c(CN2O[C@@H](CN)C([C@H](C)O)[C@H]2C(=O)N=CC2C[C@H]3C[C@@H]([C@@H]2C)C3(C)C)cccc1-c1cc(C(=O)N[C@@H](Cc2ccccc2)CN(C)C)cc(N(C)CCO)c1. The number of nitrogens with zero attached hydrogens (tertiary/aromatic N) is 4. The van der Waals surface area contributed by atoms with E-state index in [4.69, 9.17) is 15.3 Å². The van der Waals surface area contributed by atoms with Crippen molar-refractivity contribution in [1.82, 2.24) is 15.3 Å². The summed E-state index contributed by atoms with van der Waals surface area (Å²) >= 11 is 0. The van der Waals surface area contributed by atoms with E-state index in [0.717, 1.165) is 34.4 Å². The van der Waals surface area contributed by atoms with Crippen molar-refractivity contribution in [2.75, 3.05) is 59.4 Å². The van der Waals surface area contributed by atoms with E-state index in [0.29, 0.717) is 54.0 Å². The van der Waals surface area contributed by atoms with Gasteiger partial charge < -0.3 is 35.8 Å². The van der Waals surface area contributed by atoms with Gasteiger partial charge in [-0.15, -0.1) is 0 Å². The molecule has 7 rings (SSSR count). The Morgan fingerprint density at radius 3 is 2.47 bits per heavy atom. The Hall–Kier alpha value is -4.17. The second kappa shape index (κ2) is 19.0. The molecular weight excluding hydrogens is 745 g/mol. The zero-order valence-electron chi connectivity index (χ0n) is 36.2. The van der Waals surface area contributed by atoms with Crippen LogP contribution < -0.4 is 20.7 Å². The molecule has 320 valence electrons. The summed E-state index contributed by atoms with van der Waals surface area (Å²) in [5, 5.41) is 25.7. The number of para-hydroxylation sites is 1. The van der Waals surface area contributed by atoms with Gasteiger partial charge in [0.25, 0.3) is 11.8 Å². The van der Waals surface area contributed by atoms with E-state index in [1.165, 1.54) is 6.42 Å². The lowest BCUT2D eigenvalue weighted by Crippen LogP contribution is -2.55. The number of methoxy groups -OCH3 is 1. The van der Waals surface area contributed by atoms with Crippen molar-refractivity contribution in [3.8, 4) is 16.9 Å². The number of likely N-dealkylation sites (N-methyl/N-ethyl adjacent to an activating group) is 2. The Morgan fingerprint density at radius 2 is 1.85 bits per heavy atom. The minimum absolute atomic E-state index is 0.0566. The number of aliphatic hydroxyl groups is 2. The standard InChI is InChI=1S/C47H66N6O6/c1-29-35(21-36-24-40(29)47(36,3)4)26-49-46(57)43-42(30(2)55)41(25-48)59-53(43)27-32-15-12-16-39(44(32)58-8)33-20-34(23-38(22-33)52(7)17-18-54)45(56)50-37(28-51(5)6)19-31-13-10-9-11-14-31/h9-16,20,22-23,26,29-30,35-37,40-43,54-55H,17-19,21,24-25,27-28,48H2,1-8H3,(H,50,56)/t29-,30+,35?,36+,37+,40+,41+,42?,43+/m1/s1. The van der Waals surface area contributed by atoms with Gasteiger partial charge in [-0.25, -0.2) is 4.99 Å². The van der Waals surface area contributed by atoms with Crippen LogP contribution in [0.2, 0.25) is 0 Å². The lowest BCUT2D eigenvalue weighted by molar-refractivity contribution is -0.172. The van der Waals surface area contributed by atoms with Gasteiger partial charge in [0.05, 0.1) is 32.5 Å². The molecule has 5 N–H and O–H groups in total. The van der Waals surface area contributed by atoms with Crippen molar-refractivity contribution >= 4 is 23.7 Å². The number of aliphatic hydroxyl groups excluding tert-OH is 2. The van der Waals surface area contributed by atoms with Gasteiger partial charge in [0.2, 0.25) is 0 Å². The molecule has 3 aliphatic carbocycles. The van der Waals surface area contributed by atoms with E-state index in [1.54, 1.807) is 19.1 Å². The number of hydrogen-bond acceptors (Lipinski definition) is 10. The number of hydrogen-bond donors (Lipinski definition) is 4. The number of nitrogens with one attached hydrogen (secondary N) is 1. The van der Waals surface area contributed by atoms with Crippen molar-refractivity contribution in [3.05, 3.63) is 83.4 Å². The number of hydroxylamine groups is 2. The number of amides is 2. The summed E-state index contributed by atoms with van der Waals surface area (Å²) < 4.78 is 6.13. The summed E-state index contributed by atoms with van der Waals surface area (Å²) in [4.78, 5) is 43.2. The second-order valence-corrected chi connectivity index (χ2v) is 18.0. The maximum atomic E-state index is 14.2. The number of carbonyl (C=O) groups is 2. The average Bonchev–Trinajstić information content (AvgIpc) is 3.58. The van der Waals surface area contributed by atoms with Gasteiger partial charge >= 0.3 is 0 Å². The van der Waals surface area contributed by atoms with Crippen LogP contribution in [0.3, 0.4) is 0 Å². The molecule has 4 fully saturated rings. The van der Waals surface area contributed by atoms with Gasteiger partial charge in [-0.2, -0.15) is 5.06 Å². The lowest BCUT2D eigenvalue weighted by Gasteiger charge is -2.61. The van der Waals surface area contributed by atoms with Gasteiger partial charge in [0, 0.05) is 67.2 Å². The van der Waals surface area contributed by atoms with E-state index >= 15 is 0 Å². The Bertz CT molecular complexity index is 1940. The van der Waals surface area contributed by atoms with Crippen LogP contribution in [0.5, 0.6) is 5.75 Å². The number of carbonyl (C=O) groups excluding carboxylic acids is 2. The fraction of sp³-hybridized carbons (Fsp3) is 0.553. The van der Waals surface area contributed by atoms with Crippen molar-refractivity contribution in [3.63, 3.8) is 0 Å². The number of aliphatic imine (C=N–C) groups is 1. The smallest absolute Gasteiger partial charge is 0.265 e. The molecule has 0 aromatic heterocycles. The highest BCUT2D eigenvalue weighted by molar-refractivity contribution is 5.97. The van der Waals surface area contributed by atoms with Crippen molar-refractivity contribution in [1.29, 1.82) is 0 Å². The zero-order valence-corrected chi connectivity index (χ0v) is 36.2. The van der Waals surface area contributed by atoms with E-state index in [2.05, 4.69) is 48.1 Å². The molecular formula is C47H66N6O6. The highest BCUT2D eigenvalue weighted by Crippen LogP contribution is 2.62. The Balaban J connectivity index is 1.30. The van der Waals surface area contributed by atoms with Crippen molar-refractivity contribution in [2.45, 2.75) is 77.8 Å². The molecule has 2 amide bonds. The molecule has 2 unspecified atom stereocenters. The van der Waals surface area contributed by atoms with Crippen LogP contribution in [0, 0.1) is 35.0 Å². The number of nitrogens with two attached hydrogens (primary N) is 1. The molecule has 3 aromatic rings. The third-order valence-corrected chi connectivity index (χ3v) is 13.5. The molecule has 1 aliphatic heterocycles. The van der Waals surface area contributed by atoms with Gasteiger partial charge in [-0.1, -0.05) is 69.3 Å². The Kier molecular flexibility index (Phi) is 14.3. The van der Waals surface area contributed by atoms with Crippen molar-refractivity contribution < 1.29 is 29.4 Å². The first kappa shape index (κ1) is 44.4. The third-order valence-electron chi connectivity index (χ3n) is 13.5. The highest BCUT2D eigenvalue weighted by Gasteiger charge is 2.56. The van der Waals surface area contributed by atoms with Crippen LogP contribution in [0.25, 0.3) is 11.1 Å². The first-order valence-electron chi connectivity index (χ1n) is 21.2. The van der Waals surface area contributed by atoms with E-state index in [9.17, 15) is 19.8 Å². The van der Waals surface area contributed by atoms with E-state index in [1.807, 2.05) is 86.9 Å². The molecule has 12 heteroatoms. The van der Waals surface area contributed by atoms with Crippen LogP contribution >= 0.6 is 0 Å². The van der Waals surface area contributed by atoms with Crippen LogP contribution in [0.1, 0.15) is 62.0 Å². The minimum atomic E-state index is -0.874. The normalized spacial score (nSPS) is 26.1. The predicted octanol–water partition coefficient (Wildman–Crippen LogP) is 5.05. The fourth-order valence-electron chi connectivity index (χ4n) is 10.0. The molecule has 9 atom stereocenters. The quantitative estimate of drug-likeness (QED) is 0.136. The highest BCUT2D eigenvalue weighted by atomic mass is 16.7. The monoisotopic (exact) mass is 811 g/mol. The Morgan fingerprint density at radius 1 is 1.10 bits per heavy atom. The van der Waals surface area contributed by atoms with Crippen LogP contribution in [-0.2, 0) is 22.6 Å². The average molecular weight is 811 g/mol. The number of benzene rings is 3. The first-order chi connectivity index (χ1) is 28.2. The first-order valence-corrected chi connectivity index (χ1v) is 21.2. The summed E-state index contributed by atoms with van der Waals surface area (Å²) in [6, 6.07) is 20.6. The molecule has 1 saturated heterocycles. The van der Waals surface area contributed by atoms with Gasteiger partial charge in [0.1, 0.15) is 11.8 Å². The van der Waals surface area contributed by atoms with E-state index < -0.39 is 24.2 Å². The largest absolute Gasteiger partial charge is 0.496 e. The Labute approximate surface area is 350 Å². The van der Waals surface area contributed by atoms with Gasteiger partial charge in [-0.3, -0.25) is 14.4 Å². The molecule has 1 heterocycles. The summed E-state index contributed by atoms with van der Waals surface area (Å²) in [6.07, 6.45) is 3.32. The third kappa shape index (κ3) is 9.74. The summed E-state index contributed by atoms with van der Waals surface area (Å²) in [5.74, 6) is 1.30. The van der Waals surface area contributed by atoms with Crippen LogP contribution in [0.15, 0.2) is 71.7 Å². The molecule has 4 aliphatic rings. The summed E-state index contributed by atoms with van der Waals surface area (Å²) in [5.41, 5.74) is 11.1. The summed E-state index contributed by atoms with van der Waals surface area (Å²) in [7, 11) is 7.46. The number of anilines is 1. The minimum Gasteiger partial charge on any atom is -0.496 e. The fourth-order valence-corrected chi connectivity index (χ4v) is 10.0. The molecule has 2 bridgehead atoms. The summed E-state index contributed by atoms with van der Waals surface area (Å²) in [6.45, 7) is 9.90. The van der Waals surface area contributed by atoms with Gasteiger partial charge in [-0.05, 0) is 98.7 Å². The van der Waals surface area contributed by atoms with Crippen LogP contribution in [-0.4, -0.2) is 117 Å². The molecule has 59 heavy (non-hydrogen) atoms. The zero-order chi connectivity index (χ0) is 42.6. The predicted molar refractivity (Wildman–Crippen MR) is 233 cm³/mol. The lowest BCUT2D eigenvalue weighted by atomic mass is 9.43. The second-order valence-electron chi connectivity index (χ2n) is 18.0. The van der Waals surface area contributed by atoms with E-state index in [-0.39, 0.29) is 43.5 Å². The maximum absolute atomic E-state index is 14.2.